The van der Waals surface area contributed by atoms with Crippen LogP contribution in [-0.2, 0) is 9.53 Å². The zero-order valence-corrected chi connectivity index (χ0v) is 12.5. The van der Waals surface area contributed by atoms with E-state index in [9.17, 15) is 9.59 Å². The molecular weight excluding hydrogens is 264 g/mol. The number of hydrogen-bond acceptors (Lipinski definition) is 5. The molecule has 0 aliphatic carbocycles. The molecule has 0 radical (unpaired) electrons. The minimum atomic E-state index is -0.600. The molecular formula is C13H20N2O3S. The fourth-order valence-corrected chi connectivity index (χ4v) is 2.37. The summed E-state index contributed by atoms with van der Waals surface area (Å²) in [5, 5.41) is 3.20. The van der Waals surface area contributed by atoms with E-state index < -0.39 is 12.0 Å². The first-order valence-corrected chi connectivity index (χ1v) is 7.02. The maximum Gasteiger partial charge on any atom is 0.341 e. The van der Waals surface area contributed by atoms with E-state index in [2.05, 4.69) is 5.32 Å². The highest BCUT2D eigenvalue weighted by Gasteiger charge is 2.22. The highest BCUT2D eigenvalue weighted by molar-refractivity contribution is 7.16. The van der Waals surface area contributed by atoms with Gasteiger partial charge >= 0.3 is 5.97 Å². The molecule has 0 saturated carbocycles. The second kappa shape index (κ2) is 6.68. The monoisotopic (exact) mass is 284 g/mol. The predicted octanol–water partition coefficient (Wildman–Crippen LogP) is 2.16. The molecule has 0 aromatic carbocycles. The van der Waals surface area contributed by atoms with E-state index in [0.29, 0.717) is 17.2 Å². The molecule has 5 nitrogen and oxygen atoms in total. The van der Waals surface area contributed by atoms with Gasteiger partial charge in [-0.05, 0) is 25.8 Å². The number of nitrogens with one attached hydrogen (secondary N) is 1. The molecule has 1 rings (SSSR count). The Balaban J connectivity index is 2.89. The molecule has 1 aromatic heterocycles. The number of carbonyl (C=O) groups is 2. The highest BCUT2D eigenvalue weighted by Crippen LogP contribution is 2.28. The topological polar surface area (TPSA) is 81.4 Å². The van der Waals surface area contributed by atoms with Crippen molar-refractivity contribution in [2.75, 3.05) is 11.9 Å². The number of carbonyl (C=O) groups excluding carboxylic acids is 2. The maximum absolute atomic E-state index is 11.9. The van der Waals surface area contributed by atoms with Gasteiger partial charge in [0.05, 0.1) is 18.2 Å². The summed E-state index contributed by atoms with van der Waals surface area (Å²) in [6.45, 7) is 7.65. The molecule has 6 heteroatoms. The molecule has 1 aromatic rings. The number of esters is 1. The van der Waals surface area contributed by atoms with Crippen LogP contribution in [0.1, 0.15) is 36.0 Å². The Labute approximate surface area is 117 Å². The van der Waals surface area contributed by atoms with Gasteiger partial charge in [0, 0.05) is 4.88 Å². The summed E-state index contributed by atoms with van der Waals surface area (Å²) >= 11 is 1.34. The molecule has 1 atom stereocenters. The van der Waals surface area contributed by atoms with Crippen LogP contribution in [0.15, 0.2) is 6.07 Å². The average molecular weight is 284 g/mol. The van der Waals surface area contributed by atoms with Gasteiger partial charge in [0.25, 0.3) is 0 Å². The second-order valence-electron chi connectivity index (χ2n) is 4.58. The Morgan fingerprint density at radius 1 is 1.47 bits per heavy atom. The molecule has 0 aliphatic rings. The van der Waals surface area contributed by atoms with Crippen LogP contribution in [-0.4, -0.2) is 24.5 Å². The summed E-state index contributed by atoms with van der Waals surface area (Å²) in [5.41, 5.74) is 6.16. The lowest BCUT2D eigenvalue weighted by Crippen LogP contribution is -2.39. The Hall–Kier alpha value is -1.40. The number of anilines is 1. The molecule has 0 unspecified atom stereocenters. The third kappa shape index (κ3) is 4.04. The van der Waals surface area contributed by atoms with Crippen molar-refractivity contribution in [2.24, 2.45) is 11.7 Å². The first kappa shape index (κ1) is 15.7. The number of ether oxygens (including phenoxy) is 1. The second-order valence-corrected chi connectivity index (χ2v) is 5.84. The Morgan fingerprint density at radius 2 is 2.11 bits per heavy atom. The normalized spacial score (nSPS) is 12.3. The van der Waals surface area contributed by atoms with Crippen LogP contribution in [0.5, 0.6) is 0 Å². The largest absolute Gasteiger partial charge is 0.462 e. The fourth-order valence-electron chi connectivity index (χ4n) is 1.47. The molecule has 0 fully saturated rings. The van der Waals surface area contributed by atoms with Crippen molar-refractivity contribution in [2.45, 2.75) is 33.7 Å². The summed E-state index contributed by atoms with van der Waals surface area (Å²) in [4.78, 5) is 24.6. The van der Waals surface area contributed by atoms with Crippen molar-refractivity contribution < 1.29 is 14.3 Å². The van der Waals surface area contributed by atoms with Crippen molar-refractivity contribution in [3.8, 4) is 0 Å². The summed E-state index contributed by atoms with van der Waals surface area (Å²) in [7, 11) is 0. The number of hydrogen-bond donors (Lipinski definition) is 2. The van der Waals surface area contributed by atoms with E-state index in [1.54, 1.807) is 13.0 Å². The number of amides is 1. The van der Waals surface area contributed by atoms with Crippen molar-refractivity contribution in [1.29, 1.82) is 0 Å². The van der Waals surface area contributed by atoms with Gasteiger partial charge in [-0.1, -0.05) is 13.8 Å². The summed E-state index contributed by atoms with van der Waals surface area (Å²) < 4.78 is 4.96. The van der Waals surface area contributed by atoms with E-state index in [1.807, 2.05) is 20.8 Å². The standard InChI is InChI=1S/C13H20N2O3S/c1-5-18-13(17)9-6-8(4)19-12(9)15-11(16)10(14)7(2)3/h6-7,10H,5,14H2,1-4H3,(H,15,16)/t10-/m0/s1. The van der Waals surface area contributed by atoms with Crippen LogP contribution in [0.2, 0.25) is 0 Å². The van der Waals surface area contributed by atoms with Gasteiger partial charge < -0.3 is 15.8 Å². The van der Waals surface area contributed by atoms with Gasteiger partial charge in [0.15, 0.2) is 0 Å². The Bertz CT molecular complexity index is 468. The maximum atomic E-state index is 11.9. The van der Waals surface area contributed by atoms with E-state index >= 15 is 0 Å². The highest BCUT2D eigenvalue weighted by atomic mass is 32.1. The van der Waals surface area contributed by atoms with Gasteiger partial charge in [-0.15, -0.1) is 11.3 Å². The smallest absolute Gasteiger partial charge is 0.341 e. The van der Waals surface area contributed by atoms with Crippen molar-refractivity contribution >= 4 is 28.2 Å². The SMILES string of the molecule is CCOC(=O)c1cc(C)sc1NC(=O)[C@@H](N)C(C)C. The molecule has 0 saturated heterocycles. The first-order valence-electron chi connectivity index (χ1n) is 6.20. The summed E-state index contributed by atoms with van der Waals surface area (Å²) in [6.07, 6.45) is 0. The van der Waals surface area contributed by atoms with Gasteiger partial charge in [-0.25, -0.2) is 4.79 Å². The molecule has 3 N–H and O–H groups in total. The zero-order valence-electron chi connectivity index (χ0n) is 11.6. The number of nitrogens with two attached hydrogens (primary N) is 1. The van der Waals surface area contributed by atoms with Crippen LogP contribution in [0.25, 0.3) is 0 Å². The molecule has 106 valence electrons. The van der Waals surface area contributed by atoms with Gasteiger partial charge in [0.1, 0.15) is 5.00 Å². The third-order valence-corrected chi connectivity index (χ3v) is 3.57. The number of rotatable bonds is 5. The number of thiophene rings is 1. The molecule has 19 heavy (non-hydrogen) atoms. The van der Waals surface area contributed by atoms with Gasteiger partial charge in [-0.2, -0.15) is 0 Å². The van der Waals surface area contributed by atoms with E-state index in [4.69, 9.17) is 10.5 Å². The van der Waals surface area contributed by atoms with Crippen LogP contribution < -0.4 is 11.1 Å². The van der Waals surface area contributed by atoms with Crippen molar-refractivity contribution in [3.05, 3.63) is 16.5 Å². The fraction of sp³-hybridized carbons (Fsp3) is 0.538. The minimum absolute atomic E-state index is 0.0344. The van der Waals surface area contributed by atoms with Crippen molar-refractivity contribution in [1.82, 2.24) is 0 Å². The van der Waals surface area contributed by atoms with Crippen molar-refractivity contribution in [3.63, 3.8) is 0 Å². The molecule has 1 amide bonds. The third-order valence-electron chi connectivity index (χ3n) is 2.61. The lowest BCUT2D eigenvalue weighted by molar-refractivity contribution is -0.118. The van der Waals surface area contributed by atoms with E-state index in [-0.39, 0.29) is 11.8 Å². The molecule has 0 spiro atoms. The minimum Gasteiger partial charge on any atom is -0.462 e. The number of aryl methyl sites for hydroxylation is 1. The van der Waals surface area contributed by atoms with Crippen LogP contribution in [0, 0.1) is 12.8 Å². The molecule has 1 heterocycles. The predicted molar refractivity (Wildman–Crippen MR) is 76.5 cm³/mol. The van der Waals surface area contributed by atoms with E-state index in [0.717, 1.165) is 4.88 Å². The lowest BCUT2D eigenvalue weighted by atomic mass is 10.1. The van der Waals surface area contributed by atoms with Gasteiger partial charge in [0.2, 0.25) is 5.91 Å². The first-order chi connectivity index (χ1) is 8.86. The Morgan fingerprint density at radius 3 is 2.63 bits per heavy atom. The molecule has 0 aliphatic heterocycles. The average Bonchev–Trinajstić information content (AvgIpc) is 2.69. The van der Waals surface area contributed by atoms with Crippen LogP contribution >= 0.6 is 11.3 Å². The van der Waals surface area contributed by atoms with Gasteiger partial charge in [-0.3, -0.25) is 4.79 Å². The van der Waals surface area contributed by atoms with E-state index in [1.165, 1.54) is 11.3 Å². The molecule has 0 bridgehead atoms. The Kier molecular flexibility index (Phi) is 5.50. The summed E-state index contributed by atoms with van der Waals surface area (Å²) in [6, 6.07) is 1.11. The lowest BCUT2D eigenvalue weighted by Gasteiger charge is -2.15. The zero-order chi connectivity index (χ0) is 14.6. The quantitative estimate of drug-likeness (QED) is 0.812. The summed E-state index contributed by atoms with van der Waals surface area (Å²) in [5.74, 6) is -0.685. The van der Waals surface area contributed by atoms with Crippen LogP contribution in [0.3, 0.4) is 0 Å². The van der Waals surface area contributed by atoms with Crippen LogP contribution in [0.4, 0.5) is 5.00 Å².